The van der Waals surface area contributed by atoms with Crippen molar-refractivity contribution in [3.05, 3.63) is 52.6 Å². The van der Waals surface area contributed by atoms with Crippen LogP contribution in [-0.4, -0.2) is 92.8 Å². The fourth-order valence-electron chi connectivity index (χ4n) is 5.33. The molecule has 0 atom stereocenters. The third-order valence-electron chi connectivity index (χ3n) is 7.86. The summed E-state index contributed by atoms with van der Waals surface area (Å²) in [6, 6.07) is 11.0. The number of likely N-dealkylation sites (N-methyl/N-ethyl adjacent to an activating group) is 1. The van der Waals surface area contributed by atoms with Gasteiger partial charge in [-0.3, -0.25) is 14.9 Å². The van der Waals surface area contributed by atoms with Crippen LogP contribution in [0, 0.1) is 18.3 Å². The van der Waals surface area contributed by atoms with Crippen LogP contribution in [0.1, 0.15) is 56.9 Å². The van der Waals surface area contributed by atoms with Crippen molar-refractivity contribution < 1.29 is 28.6 Å². The summed E-state index contributed by atoms with van der Waals surface area (Å²) in [6.45, 7) is 11.3. The maximum atomic E-state index is 13.7. The third kappa shape index (κ3) is 9.11. The van der Waals surface area contributed by atoms with E-state index < -0.39 is 11.7 Å². The number of carbonyl (C=O) groups excluding carboxylic acids is 3. The SMILES string of the molecule is COc1cc2c(cc1OC)CC(N(C)C(=O)CNCC(=O)N(CCN(C(=O)OC(C)(C)C)C(C)C)c1cc(C#N)ccc1C)C2. The van der Waals surface area contributed by atoms with E-state index in [4.69, 9.17) is 14.2 Å². The minimum absolute atomic E-state index is 0.0236. The number of hydrogen-bond donors (Lipinski definition) is 1. The van der Waals surface area contributed by atoms with E-state index >= 15 is 0 Å². The van der Waals surface area contributed by atoms with Gasteiger partial charge in [0.15, 0.2) is 11.5 Å². The van der Waals surface area contributed by atoms with Gasteiger partial charge in [-0.1, -0.05) is 6.07 Å². The Morgan fingerprint density at radius 1 is 0.978 bits per heavy atom. The van der Waals surface area contributed by atoms with Gasteiger partial charge in [-0.05, 0) is 95.3 Å². The number of aryl methyl sites for hydroxylation is 1. The van der Waals surface area contributed by atoms with Gasteiger partial charge in [0.1, 0.15) is 5.60 Å². The van der Waals surface area contributed by atoms with Crippen LogP contribution >= 0.6 is 0 Å². The summed E-state index contributed by atoms with van der Waals surface area (Å²) in [5.74, 6) is 0.899. The van der Waals surface area contributed by atoms with E-state index in [0.717, 1.165) is 16.7 Å². The summed E-state index contributed by atoms with van der Waals surface area (Å²) in [4.78, 5) is 44.6. The van der Waals surface area contributed by atoms with Gasteiger partial charge in [-0.25, -0.2) is 4.79 Å². The molecule has 2 aromatic rings. The highest BCUT2D eigenvalue weighted by Crippen LogP contribution is 2.36. The highest BCUT2D eigenvalue weighted by Gasteiger charge is 2.30. The van der Waals surface area contributed by atoms with E-state index in [1.165, 1.54) is 0 Å². The summed E-state index contributed by atoms with van der Waals surface area (Å²) in [5.41, 5.74) is 3.37. The van der Waals surface area contributed by atoms with E-state index in [9.17, 15) is 19.6 Å². The van der Waals surface area contributed by atoms with Crippen LogP contribution in [0.2, 0.25) is 0 Å². The van der Waals surface area contributed by atoms with Crippen LogP contribution in [0.5, 0.6) is 11.5 Å². The molecule has 0 saturated heterocycles. The number of fused-ring (bicyclic) bond motifs is 1. The standard InChI is InChI=1S/C34H47N5O6/c1-22(2)38(33(42)45-34(4,5)6)12-13-39(28-14-24(19-35)11-10-23(28)3)32(41)21-36-20-31(40)37(7)27-15-25-17-29(43-8)30(44-9)18-26(25)16-27/h10-11,14,17-18,22,27,36H,12-13,15-16,20-21H2,1-9H3. The van der Waals surface area contributed by atoms with Crippen LogP contribution in [0.15, 0.2) is 30.3 Å². The molecule has 1 aliphatic carbocycles. The molecule has 11 heteroatoms. The van der Waals surface area contributed by atoms with E-state index in [-0.39, 0.29) is 50.1 Å². The Kier molecular flexibility index (Phi) is 11.8. The number of hydrogen-bond acceptors (Lipinski definition) is 8. The Hall–Kier alpha value is -4.30. The number of amides is 3. The highest BCUT2D eigenvalue weighted by molar-refractivity contribution is 5.96. The molecule has 0 heterocycles. The molecule has 0 saturated carbocycles. The molecule has 0 radical (unpaired) electrons. The second kappa shape index (κ2) is 15.1. The Bertz CT molecular complexity index is 1390. The number of nitrogens with zero attached hydrogens (tertiary/aromatic N) is 4. The topological polar surface area (TPSA) is 124 Å². The van der Waals surface area contributed by atoms with Crippen molar-refractivity contribution in [3.8, 4) is 17.6 Å². The summed E-state index contributed by atoms with van der Waals surface area (Å²) < 4.78 is 16.5. The molecule has 45 heavy (non-hydrogen) atoms. The number of methoxy groups -OCH3 is 2. The highest BCUT2D eigenvalue weighted by atomic mass is 16.6. The van der Waals surface area contributed by atoms with Crippen LogP contribution in [0.25, 0.3) is 0 Å². The smallest absolute Gasteiger partial charge is 0.410 e. The molecule has 1 N–H and O–H groups in total. The van der Waals surface area contributed by atoms with E-state index in [1.54, 1.807) is 74.9 Å². The Labute approximate surface area is 267 Å². The second-order valence-corrected chi connectivity index (χ2v) is 12.6. The van der Waals surface area contributed by atoms with E-state index in [2.05, 4.69) is 11.4 Å². The number of nitrogens with one attached hydrogen (secondary N) is 1. The molecular weight excluding hydrogens is 574 g/mol. The first-order chi connectivity index (χ1) is 21.2. The Balaban J connectivity index is 1.68. The maximum absolute atomic E-state index is 13.7. The van der Waals surface area contributed by atoms with E-state index in [1.807, 2.05) is 32.9 Å². The van der Waals surface area contributed by atoms with Crippen molar-refractivity contribution in [2.45, 2.75) is 72.1 Å². The molecule has 0 spiro atoms. The number of ether oxygens (including phenoxy) is 3. The summed E-state index contributed by atoms with van der Waals surface area (Å²) in [6.07, 6.45) is 0.928. The van der Waals surface area contributed by atoms with Gasteiger partial charge in [-0.15, -0.1) is 0 Å². The molecule has 0 unspecified atom stereocenters. The first-order valence-corrected chi connectivity index (χ1v) is 15.2. The molecule has 3 amide bonds. The quantitative estimate of drug-likeness (QED) is 0.376. The first kappa shape index (κ1) is 35.2. The zero-order chi connectivity index (χ0) is 33.5. The number of benzene rings is 2. The maximum Gasteiger partial charge on any atom is 0.410 e. The molecule has 0 bridgehead atoms. The predicted octanol–water partition coefficient (Wildman–Crippen LogP) is 4.08. The molecule has 244 valence electrons. The van der Waals surface area contributed by atoms with Crippen molar-refractivity contribution in [2.24, 2.45) is 0 Å². The van der Waals surface area contributed by atoms with Gasteiger partial charge in [0, 0.05) is 37.9 Å². The van der Waals surface area contributed by atoms with Crippen LogP contribution in [-0.2, 0) is 27.2 Å². The molecular formula is C34H47N5O6. The molecule has 0 aliphatic heterocycles. The van der Waals surface area contributed by atoms with Gasteiger partial charge < -0.3 is 28.9 Å². The first-order valence-electron chi connectivity index (χ1n) is 15.2. The van der Waals surface area contributed by atoms with Gasteiger partial charge in [0.05, 0.1) is 38.9 Å². The molecule has 0 fully saturated rings. The number of rotatable bonds is 12. The van der Waals surface area contributed by atoms with Crippen molar-refractivity contribution in [3.63, 3.8) is 0 Å². The minimum atomic E-state index is -0.665. The average molecular weight is 622 g/mol. The molecule has 1 aliphatic rings. The number of nitriles is 1. The monoisotopic (exact) mass is 621 g/mol. The summed E-state index contributed by atoms with van der Waals surface area (Å²) in [5, 5.41) is 12.5. The third-order valence-corrected chi connectivity index (χ3v) is 7.86. The normalized spacial score (nSPS) is 12.7. The number of carbonyl (C=O) groups is 3. The Morgan fingerprint density at radius 2 is 1.56 bits per heavy atom. The molecule has 3 rings (SSSR count). The zero-order valence-electron chi connectivity index (χ0n) is 28.0. The van der Waals surface area contributed by atoms with Gasteiger partial charge in [0.2, 0.25) is 11.8 Å². The second-order valence-electron chi connectivity index (χ2n) is 12.6. The van der Waals surface area contributed by atoms with E-state index in [0.29, 0.717) is 35.6 Å². The summed E-state index contributed by atoms with van der Waals surface area (Å²) in [7, 11) is 4.98. The van der Waals surface area contributed by atoms with Gasteiger partial charge in [0.25, 0.3) is 0 Å². The lowest BCUT2D eigenvalue weighted by Crippen LogP contribution is -2.48. The zero-order valence-corrected chi connectivity index (χ0v) is 28.0. The summed E-state index contributed by atoms with van der Waals surface area (Å²) >= 11 is 0. The molecule has 2 aromatic carbocycles. The van der Waals surface area contributed by atoms with Crippen molar-refractivity contribution in [2.75, 3.05) is 52.3 Å². The number of anilines is 1. The van der Waals surface area contributed by atoms with Crippen molar-refractivity contribution in [1.29, 1.82) is 5.26 Å². The lowest BCUT2D eigenvalue weighted by atomic mass is 10.1. The Morgan fingerprint density at radius 3 is 2.07 bits per heavy atom. The minimum Gasteiger partial charge on any atom is -0.493 e. The van der Waals surface area contributed by atoms with Crippen molar-refractivity contribution >= 4 is 23.6 Å². The largest absolute Gasteiger partial charge is 0.493 e. The average Bonchev–Trinajstić information content (AvgIpc) is 3.40. The lowest BCUT2D eigenvalue weighted by Gasteiger charge is -2.33. The van der Waals surface area contributed by atoms with Gasteiger partial charge in [-0.2, -0.15) is 5.26 Å². The lowest BCUT2D eigenvalue weighted by molar-refractivity contribution is -0.130. The predicted molar refractivity (Wildman–Crippen MR) is 173 cm³/mol. The fraction of sp³-hybridized carbons (Fsp3) is 0.529. The van der Waals surface area contributed by atoms with Gasteiger partial charge >= 0.3 is 6.09 Å². The van der Waals surface area contributed by atoms with Crippen LogP contribution in [0.3, 0.4) is 0 Å². The van der Waals surface area contributed by atoms with Crippen LogP contribution in [0.4, 0.5) is 10.5 Å². The molecule has 11 nitrogen and oxygen atoms in total. The fourth-order valence-corrected chi connectivity index (χ4v) is 5.33. The molecule has 0 aromatic heterocycles. The van der Waals surface area contributed by atoms with Crippen LogP contribution < -0.4 is 19.7 Å². The van der Waals surface area contributed by atoms with Crippen molar-refractivity contribution in [1.82, 2.24) is 15.1 Å².